The van der Waals surface area contributed by atoms with E-state index < -0.39 is 12.2 Å². The Morgan fingerprint density at radius 2 is 2.11 bits per heavy atom. The van der Waals surface area contributed by atoms with Crippen molar-refractivity contribution in [3.63, 3.8) is 0 Å². The van der Waals surface area contributed by atoms with Gasteiger partial charge >= 0.3 is 12.1 Å². The molecular weight excluding hydrogens is 491 g/mol. The normalized spacial score (nSPS) is 22.8. The highest BCUT2D eigenvalue weighted by Crippen LogP contribution is 2.33. The number of piperidine rings is 1. The van der Waals surface area contributed by atoms with Crippen LogP contribution in [0.1, 0.15) is 57.6 Å². The Hall–Kier alpha value is -2.43. The summed E-state index contributed by atoms with van der Waals surface area (Å²) >= 11 is 0. The number of carbonyl (C=O) groups is 2. The summed E-state index contributed by atoms with van der Waals surface area (Å²) in [6.45, 7) is 7.32. The van der Waals surface area contributed by atoms with Gasteiger partial charge in [-0.2, -0.15) is 0 Å². The van der Waals surface area contributed by atoms with Gasteiger partial charge in [-0.15, -0.1) is 0 Å². The molecule has 0 saturated carbocycles. The number of halogens is 1. The summed E-state index contributed by atoms with van der Waals surface area (Å²) < 4.78 is 30.9. The molecule has 0 spiro atoms. The van der Waals surface area contributed by atoms with Gasteiger partial charge in [-0.3, -0.25) is 0 Å². The summed E-state index contributed by atoms with van der Waals surface area (Å²) in [7, 11) is 3.20. The molecule has 1 aromatic rings. The van der Waals surface area contributed by atoms with Crippen LogP contribution in [0.15, 0.2) is 24.3 Å². The van der Waals surface area contributed by atoms with E-state index >= 15 is 0 Å². The molecule has 0 radical (unpaired) electrons. The second kappa shape index (κ2) is 14.6. The van der Waals surface area contributed by atoms with Crippen LogP contribution >= 0.6 is 0 Å². The van der Waals surface area contributed by atoms with Gasteiger partial charge in [-0.05, 0) is 76.6 Å². The van der Waals surface area contributed by atoms with E-state index in [0.29, 0.717) is 32.2 Å². The van der Waals surface area contributed by atoms with Crippen LogP contribution < -0.4 is 16.0 Å². The van der Waals surface area contributed by atoms with Crippen molar-refractivity contribution >= 4 is 12.1 Å². The highest BCUT2D eigenvalue weighted by Gasteiger charge is 2.33. The molecule has 2 fully saturated rings. The van der Waals surface area contributed by atoms with Crippen molar-refractivity contribution in [1.29, 1.82) is 0 Å². The largest absolute Gasteiger partial charge is 0.453 e. The van der Waals surface area contributed by atoms with Gasteiger partial charge in [0.25, 0.3) is 0 Å². The fourth-order valence-corrected chi connectivity index (χ4v) is 5.39. The van der Waals surface area contributed by atoms with Crippen LogP contribution in [-0.4, -0.2) is 82.2 Å². The number of ether oxygens (including phenoxy) is 3. The lowest BCUT2D eigenvalue weighted by Gasteiger charge is -2.39. The maximum absolute atomic E-state index is 14.1. The van der Waals surface area contributed by atoms with Gasteiger partial charge in [-0.25, -0.2) is 14.0 Å². The molecule has 2 saturated heterocycles. The fraction of sp³-hybridized carbons (Fsp3) is 0.714. The monoisotopic (exact) mass is 536 g/mol. The minimum atomic E-state index is -0.531. The van der Waals surface area contributed by atoms with Gasteiger partial charge in [0.1, 0.15) is 5.82 Å². The Morgan fingerprint density at radius 1 is 1.29 bits per heavy atom. The standard InChI is InChI=1S/C28H45FN4O5/c1-28(2)11-10-20(19-38-28)15-24(17-30-3)32-26(34)33-13-6-8-22(18-33)25(21-7-5-9-23(29)16-21)37-14-12-31-27(35)36-4/h5,7,9,16,20,22,24-25,30H,6,8,10-15,17-19H2,1-4H3,(H,31,35)(H,32,34)/t20-,22-,24+,25?/m1/s1. The smallest absolute Gasteiger partial charge is 0.406 e. The Kier molecular flexibility index (Phi) is 11.6. The maximum Gasteiger partial charge on any atom is 0.406 e. The number of nitrogens with one attached hydrogen (secondary N) is 3. The summed E-state index contributed by atoms with van der Waals surface area (Å²) in [4.78, 5) is 26.6. The highest BCUT2D eigenvalue weighted by atomic mass is 19.1. The number of amides is 3. The average Bonchev–Trinajstić information content (AvgIpc) is 2.90. The van der Waals surface area contributed by atoms with Crippen molar-refractivity contribution < 1.29 is 28.2 Å². The molecule has 3 rings (SSSR count). The Balaban J connectivity index is 1.61. The van der Waals surface area contributed by atoms with E-state index in [9.17, 15) is 14.0 Å². The van der Waals surface area contributed by atoms with Gasteiger partial charge in [0.05, 0.1) is 32.0 Å². The molecule has 0 aliphatic carbocycles. The van der Waals surface area contributed by atoms with Crippen LogP contribution in [0.5, 0.6) is 0 Å². The quantitative estimate of drug-likeness (QED) is 0.372. The third kappa shape index (κ3) is 9.39. The van der Waals surface area contributed by atoms with Gasteiger partial charge in [-0.1, -0.05) is 12.1 Å². The molecule has 1 aromatic carbocycles. The van der Waals surface area contributed by atoms with E-state index in [1.54, 1.807) is 6.07 Å². The third-order valence-corrected chi connectivity index (χ3v) is 7.47. The van der Waals surface area contributed by atoms with Crippen molar-refractivity contribution in [2.45, 2.75) is 63.7 Å². The molecular formula is C28H45FN4O5. The second-order valence-corrected chi connectivity index (χ2v) is 11.0. The van der Waals surface area contributed by atoms with Crippen molar-refractivity contribution in [2.75, 3.05) is 53.6 Å². The van der Waals surface area contributed by atoms with Crippen LogP contribution in [-0.2, 0) is 14.2 Å². The molecule has 2 aliphatic rings. The zero-order valence-electron chi connectivity index (χ0n) is 23.3. The number of likely N-dealkylation sites (tertiary alicyclic amines) is 1. The number of hydrogen-bond donors (Lipinski definition) is 3. The topological polar surface area (TPSA) is 101 Å². The minimum Gasteiger partial charge on any atom is -0.453 e. The van der Waals surface area contributed by atoms with E-state index in [1.165, 1.54) is 19.2 Å². The fourth-order valence-electron chi connectivity index (χ4n) is 5.39. The predicted molar refractivity (Wildman–Crippen MR) is 143 cm³/mol. The van der Waals surface area contributed by atoms with Gasteiger partial charge < -0.3 is 35.1 Å². The number of nitrogens with zero attached hydrogens (tertiary/aromatic N) is 1. The lowest BCUT2D eigenvalue weighted by Crippen LogP contribution is -2.52. The second-order valence-electron chi connectivity index (χ2n) is 11.0. The van der Waals surface area contributed by atoms with Crippen LogP contribution in [0.25, 0.3) is 0 Å². The molecule has 38 heavy (non-hydrogen) atoms. The zero-order chi connectivity index (χ0) is 27.5. The van der Waals surface area contributed by atoms with Gasteiger partial charge in [0.2, 0.25) is 0 Å². The number of methoxy groups -OCH3 is 1. The number of rotatable bonds is 11. The molecule has 0 aromatic heterocycles. The number of benzene rings is 1. The number of likely N-dealkylation sites (N-methyl/N-ethyl adjacent to an activating group) is 1. The molecule has 2 aliphatic heterocycles. The molecule has 4 atom stereocenters. The van der Waals surface area contributed by atoms with Gasteiger partial charge in [0, 0.05) is 38.1 Å². The van der Waals surface area contributed by atoms with Crippen LogP contribution in [0.2, 0.25) is 0 Å². The highest BCUT2D eigenvalue weighted by molar-refractivity contribution is 5.74. The first-order valence-corrected chi connectivity index (χ1v) is 13.7. The first-order valence-electron chi connectivity index (χ1n) is 13.7. The zero-order valence-corrected chi connectivity index (χ0v) is 23.3. The van der Waals surface area contributed by atoms with Crippen molar-refractivity contribution in [2.24, 2.45) is 11.8 Å². The van der Waals surface area contributed by atoms with E-state index in [2.05, 4.69) is 34.5 Å². The molecule has 10 heteroatoms. The Labute approximate surface area is 226 Å². The van der Waals surface area contributed by atoms with E-state index in [4.69, 9.17) is 9.47 Å². The molecule has 3 amide bonds. The number of alkyl carbamates (subject to hydrolysis) is 1. The summed E-state index contributed by atoms with van der Waals surface area (Å²) in [5, 5.41) is 9.05. The Morgan fingerprint density at radius 3 is 2.79 bits per heavy atom. The van der Waals surface area contributed by atoms with E-state index in [-0.39, 0.29) is 42.6 Å². The summed E-state index contributed by atoms with van der Waals surface area (Å²) in [5.41, 5.74) is 0.653. The lowest BCUT2D eigenvalue weighted by atomic mass is 9.87. The van der Waals surface area contributed by atoms with Crippen LogP contribution in [0.3, 0.4) is 0 Å². The van der Waals surface area contributed by atoms with Crippen molar-refractivity contribution in [1.82, 2.24) is 20.9 Å². The van der Waals surface area contributed by atoms with Crippen molar-refractivity contribution in [3.05, 3.63) is 35.6 Å². The molecule has 1 unspecified atom stereocenters. The molecule has 214 valence electrons. The molecule has 0 bridgehead atoms. The predicted octanol–water partition coefficient (Wildman–Crippen LogP) is 3.84. The summed E-state index contributed by atoms with van der Waals surface area (Å²) in [6, 6.07) is 6.31. The summed E-state index contributed by atoms with van der Waals surface area (Å²) in [5.74, 6) is 0.0745. The van der Waals surface area contributed by atoms with Crippen molar-refractivity contribution in [3.8, 4) is 0 Å². The van der Waals surface area contributed by atoms with E-state index in [1.807, 2.05) is 18.0 Å². The van der Waals surface area contributed by atoms with Crippen LogP contribution in [0.4, 0.5) is 14.0 Å². The molecule has 9 nitrogen and oxygen atoms in total. The molecule has 2 heterocycles. The minimum absolute atomic E-state index is 0.00218. The first kappa shape index (κ1) is 30.1. The third-order valence-electron chi connectivity index (χ3n) is 7.47. The SMILES string of the molecule is CNC[C@H](C[C@H]1CCC(C)(C)OC1)NC(=O)N1CCC[C@@H](C(OCCNC(=O)OC)c2cccc(F)c2)C1. The maximum atomic E-state index is 14.1. The Bertz CT molecular complexity index is 892. The summed E-state index contributed by atoms with van der Waals surface area (Å²) in [6.07, 6.45) is 3.71. The van der Waals surface area contributed by atoms with E-state index in [0.717, 1.165) is 37.7 Å². The van der Waals surface area contributed by atoms with Crippen LogP contribution in [0, 0.1) is 17.7 Å². The van der Waals surface area contributed by atoms with Gasteiger partial charge in [0.15, 0.2) is 0 Å². The average molecular weight is 537 g/mol. The number of carbonyl (C=O) groups excluding carboxylic acids is 2. The number of urea groups is 1. The molecule has 3 N–H and O–H groups in total. The first-order chi connectivity index (χ1) is 18.2. The number of hydrogen-bond acceptors (Lipinski definition) is 6. The lowest BCUT2D eigenvalue weighted by molar-refractivity contribution is -0.0792.